The highest BCUT2D eigenvalue weighted by molar-refractivity contribution is 5.52. The summed E-state index contributed by atoms with van der Waals surface area (Å²) in [6, 6.07) is 5.02. The highest BCUT2D eigenvalue weighted by Gasteiger charge is 2.40. The van der Waals surface area contributed by atoms with E-state index in [0.717, 1.165) is 49.0 Å². The third-order valence-corrected chi connectivity index (χ3v) is 5.45. The molecule has 29 heavy (non-hydrogen) atoms. The Bertz CT molecular complexity index is 1040. The second kappa shape index (κ2) is 6.57. The molecule has 1 unspecified atom stereocenters. The van der Waals surface area contributed by atoms with Crippen molar-refractivity contribution in [3.63, 3.8) is 0 Å². The molecule has 5 rings (SSSR count). The summed E-state index contributed by atoms with van der Waals surface area (Å²) in [5.41, 5.74) is 0.784. The second-order valence-electron chi connectivity index (χ2n) is 7.62. The topological polar surface area (TPSA) is 62.5 Å². The van der Waals surface area contributed by atoms with E-state index in [1.807, 2.05) is 24.0 Å². The van der Waals surface area contributed by atoms with Crippen molar-refractivity contribution in [3.8, 4) is 0 Å². The molecular formula is C19H20F3N7. The smallest absolute Gasteiger partial charge is 0.354 e. The lowest BCUT2D eigenvalue weighted by Crippen LogP contribution is -2.41. The minimum Gasteiger partial charge on any atom is -0.354 e. The Morgan fingerprint density at radius 1 is 1.07 bits per heavy atom. The summed E-state index contributed by atoms with van der Waals surface area (Å²) in [4.78, 5) is 16.7. The summed E-state index contributed by atoms with van der Waals surface area (Å²) in [7, 11) is 0. The molecule has 7 nitrogen and oxygen atoms in total. The van der Waals surface area contributed by atoms with Crippen LogP contribution >= 0.6 is 0 Å². The first-order valence-corrected chi connectivity index (χ1v) is 9.65. The number of rotatable bonds is 4. The molecule has 0 N–H and O–H groups in total. The van der Waals surface area contributed by atoms with Crippen LogP contribution in [0.15, 0.2) is 30.6 Å². The zero-order chi connectivity index (χ0) is 20.2. The van der Waals surface area contributed by atoms with Crippen molar-refractivity contribution in [1.82, 2.24) is 24.6 Å². The summed E-state index contributed by atoms with van der Waals surface area (Å²) in [6.07, 6.45) is 1.16. The summed E-state index contributed by atoms with van der Waals surface area (Å²) in [5, 5.41) is 4.37. The average Bonchev–Trinajstić information content (AvgIpc) is 3.19. The van der Waals surface area contributed by atoms with E-state index in [-0.39, 0.29) is 18.0 Å². The Labute approximate surface area is 165 Å². The fraction of sp³-hybridized carbons (Fsp3) is 0.474. The maximum absolute atomic E-state index is 13.1. The molecule has 10 heteroatoms. The number of alkyl halides is 3. The lowest BCUT2D eigenvalue weighted by atomic mass is 10.2. The zero-order valence-corrected chi connectivity index (χ0v) is 15.8. The molecule has 3 aromatic rings. The van der Waals surface area contributed by atoms with Crippen LogP contribution in [0.5, 0.6) is 0 Å². The van der Waals surface area contributed by atoms with Gasteiger partial charge in [-0.25, -0.2) is 15.0 Å². The van der Waals surface area contributed by atoms with Gasteiger partial charge in [0.2, 0.25) is 5.95 Å². The van der Waals surface area contributed by atoms with E-state index in [9.17, 15) is 13.2 Å². The van der Waals surface area contributed by atoms with Gasteiger partial charge in [-0.2, -0.15) is 22.8 Å². The van der Waals surface area contributed by atoms with Gasteiger partial charge >= 0.3 is 6.18 Å². The van der Waals surface area contributed by atoms with Gasteiger partial charge in [0.05, 0.1) is 12.2 Å². The maximum atomic E-state index is 13.1. The van der Waals surface area contributed by atoms with Crippen LogP contribution in [0.1, 0.15) is 30.7 Å². The largest absolute Gasteiger partial charge is 0.433 e. The third-order valence-electron chi connectivity index (χ3n) is 5.45. The first kappa shape index (κ1) is 18.1. The van der Waals surface area contributed by atoms with Crippen LogP contribution in [0, 0.1) is 6.92 Å². The molecule has 0 amide bonds. The van der Waals surface area contributed by atoms with E-state index in [1.54, 1.807) is 10.7 Å². The summed E-state index contributed by atoms with van der Waals surface area (Å²) in [6.45, 7) is 3.40. The number of nitrogens with zero attached hydrogens (tertiary/aromatic N) is 7. The van der Waals surface area contributed by atoms with Crippen molar-refractivity contribution in [2.45, 2.75) is 44.4 Å². The molecule has 1 aliphatic carbocycles. The van der Waals surface area contributed by atoms with Crippen molar-refractivity contribution >= 4 is 17.4 Å². The number of hydrogen-bond donors (Lipinski definition) is 0. The summed E-state index contributed by atoms with van der Waals surface area (Å²) in [5.74, 6) is 1.12. The summed E-state index contributed by atoms with van der Waals surface area (Å²) >= 11 is 0. The van der Waals surface area contributed by atoms with E-state index in [1.165, 1.54) is 6.20 Å². The van der Waals surface area contributed by atoms with Crippen molar-refractivity contribution < 1.29 is 13.2 Å². The van der Waals surface area contributed by atoms with Gasteiger partial charge in [-0.3, -0.25) is 0 Å². The third kappa shape index (κ3) is 3.36. The van der Waals surface area contributed by atoms with Gasteiger partial charge in [-0.05, 0) is 32.3 Å². The van der Waals surface area contributed by atoms with Crippen LogP contribution in [-0.4, -0.2) is 49.7 Å². The van der Waals surface area contributed by atoms with Crippen molar-refractivity contribution in [3.05, 3.63) is 42.0 Å². The lowest BCUT2D eigenvalue weighted by molar-refractivity contribution is -0.141. The SMILES string of the molecule is Cc1cc(N2CCC(N(c3nccc(C(F)(F)F)n3)C3CC3)C2)n2nccc2n1. The van der Waals surface area contributed by atoms with Crippen LogP contribution in [0.3, 0.4) is 0 Å². The first-order valence-electron chi connectivity index (χ1n) is 9.65. The molecule has 0 spiro atoms. The molecule has 0 bridgehead atoms. The summed E-state index contributed by atoms with van der Waals surface area (Å²) < 4.78 is 41.2. The molecule has 152 valence electrons. The highest BCUT2D eigenvalue weighted by Crippen LogP contribution is 2.36. The minimum atomic E-state index is -4.48. The molecule has 1 aliphatic heterocycles. The van der Waals surface area contributed by atoms with E-state index in [2.05, 4.69) is 25.0 Å². The standard InChI is InChI=1S/C19H20F3N7/c1-12-10-17(29-16(25-12)5-8-24-29)27-9-6-14(11-27)28(13-2-3-13)18-23-7-4-15(26-18)19(20,21)22/h4-5,7-8,10,13-14H,2-3,6,9,11H2,1H3. The van der Waals surface area contributed by atoms with Gasteiger partial charge in [-0.15, -0.1) is 0 Å². The fourth-order valence-electron chi connectivity index (χ4n) is 4.03. The predicted octanol–water partition coefficient (Wildman–Crippen LogP) is 3.09. The van der Waals surface area contributed by atoms with E-state index >= 15 is 0 Å². The molecule has 2 aliphatic rings. The molecule has 1 saturated heterocycles. The van der Waals surface area contributed by atoms with E-state index < -0.39 is 11.9 Å². The van der Waals surface area contributed by atoms with Crippen molar-refractivity contribution in [2.24, 2.45) is 0 Å². The Kier molecular flexibility index (Phi) is 4.11. The Balaban J connectivity index is 1.44. The molecule has 0 aromatic carbocycles. The molecule has 4 heterocycles. The minimum absolute atomic E-state index is 0.0464. The van der Waals surface area contributed by atoms with Crippen LogP contribution < -0.4 is 9.80 Å². The number of hydrogen-bond acceptors (Lipinski definition) is 6. The zero-order valence-electron chi connectivity index (χ0n) is 15.8. The van der Waals surface area contributed by atoms with Gasteiger partial charge < -0.3 is 9.80 Å². The number of halogens is 3. The number of fused-ring (bicyclic) bond motifs is 1. The molecule has 2 fully saturated rings. The van der Waals surface area contributed by atoms with Crippen LogP contribution in [0.4, 0.5) is 24.9 Å². The Morgan fingerprint density at radius 3 is 2.66 bits per heavy atom. The normalized spacial score (nSPS) is 19.9. The van der Waals surface area contributed by atoms with Gasteiger partial charge in [0.1, 0.15) is 11.5 Å². The highest BCUT2D eigenvalue weighted by atomic mass is 19.4. The first-order chi connectivity index (χ1) is 13.9. The Morgan fingerprint density at radius 2 is 1.90 bits per heavy atom. The predicted molar refractivity (Wildman–Crippen MR) is 101 cm³/mol. The van der Waals surface area contributed by atoms with E-state index in [0.29, 0.717) is 6.54 Å². The van der Waals surface area contributed by atoms with Crippen molar-refractivity contribution in [2.75, 3.05) is 22.9 Å². The lowest BCUT2D eigenvalue weighted by Gasteiger charge is -2.30. The molecule has 3 aromatic heterocycles. The number of anilines is 2. The molecular weight excluding hydrogens is 383 g/mol. The number of aryl methyl sites for hydroxylation is 1. The fourth-order valence-corrected chi connectivity index (χ4v) is 4.03. The van der Waals surface area contributed by atoms with E-state index in [4.69, 9.17) is 0 Å². The maximum Gasteiger partial charge on any atom is 0.433 e. The van der Waals surface area contributed by atoms with Crippen LogP contribution in [0.2, 0.25) is 0 Å². The van der Waals surface area contributed by atoms with Gasteiger partial charge in [-0.1, -0.05) is 0 Å². The van der Waals surface area contributed by atoms with Crippen LogP contribution in [-0.2, 0) is 6.18 Å². The Hall–Kier alpha value is -2.91. The van der Waals surface area contributed by atoms with Gasteiger partial charge in [0.25, 0.3) is 0 Å². The quantitative estimate of drug-likeness (QED) is 0.667. The van der Waals surface area contributed by atoms with Crippen molar-refractivity contribution in [1.29, 1.82) is 0 Å². The van der Waals surface area contributed by atoms with Crippen LogP contribution in [0.25, 0.3) is 5.65 Å². The number of aromatic nitrogens is 5. The molecule has 1 atom stereocenters. The molecule has 0 radical (unpaired) electrons. The van der Waals surface area contributed by atoms with Gasteiger partial charge in [0.15, 0.2) is 5.65 Å². The average molecular weight is 403 g/mol. The van der Waals surface area contributed by atoms with Gasteiger partial charge in [0, 0.05) is 43.2 Å². The monoisotopic (exact) mass is 403 g/mol. The second-order valence-corrected chi connectivity index (χ2v) is 7.62. The molecule has 1 saturated carbocycles.